The summed E-state index contributed by atoms with van der Waals surface area (Å²) in [7, 11) is -3.48. The lowest BCUT2D eigenvalue weighted by Crippen LogP contribution is -2.04. The predicted molar refractivity (Wildman–Crippen MR) is 65.5 cm³/mol. The average molecular weight is 247 g/mol. The molecule has 2 rings (SSSR count). The van der Waals surface area contributed by atoms with Gasteiger partial charge in [-0.1, -0.05) is 31.2 Å². The van der Waals surface area contributed by atoms with Crippen LogP contribution in [0.25, 0.3) is 0 Å². The van der Waals surface area contributed by atoms with Gasteiger partial charge in [-0.05, 0) is 30.2 Å². The van der Waals surface area contributed by atoms with Gasteiger partial charge in [0.2, 0.25) is 9.84 Å². The smallest absolute Gasteiger partial charge is 0.223 e. The Hall–Kier alpha value is -1.68. The van der Waals surface area contributed by atoms with Crippen LogP contribution in [-0.4, -0.2) is 13.4 Å². The van der Waals surface area contributed by atoms with Gasteiger partial charge in [-0.2, -0.15) is 0 Å². The lowest BCUT2D eigenvalue weighted by atomic mass is 10.2. The fourth-order valence-corrected chi connectivity index (χ4v) is 2.70. The molecule has 1 heterocycles. The minimum absolute atomic E-state index is 0.0981. The van der Waals surface area contributed by atoms with Gasteiger partial charge in [-0.25, -0.2) is 13.4 Å². The van der Waals surface area contributed by atoms with Crippen molar-refractivity contribution in [3.63, 3.8) is 0 Å². The van der Waals surface area contributed by atoms with E-state index in [4.69, 9.17) is 0 Å². The highest BCUT2D eigenvalue weighted by atomic mass is 32.2. The normalized spacial score (nSPS) is 11.4. The molecule has 2 aromatic rings. The van der Waals surface area contributed by atoms with Gasteiger partial charge in [0.15, 0.2) is 5.03 Å². The minimum atomic E-state index is -3.48. The molecule has 0 unspecified atom stereocenters. The van der Waals surface area contributed by atoms with Crippen molar-refractivity contribution < 1.29 is 8.42 Å². The maximum Gasteiger partial charge on any atom is 0.223 e. The summed E-state index contributed by atoms with van der Waals surface area (Å²) in [6, 6.07) is 11.7. The highest BCUT2D eigenvalue weighted by Gasteiger charge is 2.18. The highest BCUT2D eigenvalue weighted by Crippen LogP contribution is 2.18. The average Bonchev–Trinajstić information content (AvgIpc) is 2.40. The van der Waals surface area contributed by atoms with Crippen LogP contribution in [0.1, 0.15) is 12.5 Å². The fourth-order valence-electron chi connectivity index (χ4n) is 1.50. The second kappa shape index (κ2) is 4.67. The Balaban J connectivity index is 2.45. The summed E-state index contributed by atoms with van der Waals surface area (Å²) in [5, 5.41) is 0.0981. The zero-order valence-electron chi connectivity index (χ0n) is 9.50. The monoisotopic (exact) mass is 247 g/mol. The van der Waals surface area contributed by atoms with Crippen LogP contribution in [0.2, 0.25) is 0 Å². The molecule has 0 aliphatic carbocycles. The molecule has 0 atom stereocenters. The van der Waals surface area contributed by atoms with E-state index in [1.807, 2.05) is 6.92 Å². The second-order valence-corrected chi connectivity index (χ2v) is 5.57. The number of hydrogen-bond acceptors (Lipinski definition) is 3. The van der Waals surface area contributed by atoms with E-state index in [1.54, 1.807) is 48.7 Å². The molecule has 0 spiro atoms. The largest absolute Gasteiger partial charge is 0.244 e. The first kappa shape index (κ1) is 11.8. The molecule has 1 aromatic heterocycles. The third-order valence-corrected chi connectivity index (χ3v) is 4.22. The summed E-state index contributed by atoms with van der Waals surface area (Å²) in [5.41, 5.74) is 1.03. The molecule has 1 aromatic carbocycles. The van der Waals surface area contributed by atoms with Crippen LogP contribution in [-0.2, 0) is 16.3 Å². The highest BCUT2D eigenvalue weighted by molar-refractivity contribution is 7.91. The van der Waals surface area contributed by atoms with Gasteiger partial charge in [0, 0.05) is 6.20 Å². The van der Waals surface area contributed by atoms with Gasteiger partial charge in [0.1, 0.15) is 0 Å². The minimum Gasteiger partial charge on any atom is -0.244 e. The molecule has 0 fully saturated rings. The van der Waals surface area contributed by atoms with E-state index < -0.39 is 9.84 Å². The fraction of sp³-hybridized carbons (Fsp3) is 0.154. The van der Waals surface area contributed by atoms with Gasteiger partial charge < -0.3 is 0 Å². The third-order valence-electron chi connectivity index (χ3n) is 2.53. The summed E-state index contributed by atoms with van der Waals surface area (Å²) < 4.78 is 24.3. The summed E-state index contributed by atoms with van der Waals surface area (Å²) >= 11 is 0. The number of nitrogens with zero attached hydrogens (tertiary/aromatic N) is 1. The van der Waals surface area contributed by atoms with Crippen LogP contribution in [0, 0.1) is 0 Å². The van der Waals surface area contributed by atoms with E-state index in [0.717, 1.165) is 12.0 Å². The van der Waals surface area contributed by atoms with Crippen LogP contribution in [0.4, 0.5) is 0 Å². The van der Waals surface area contributed by atoms with E-state index in [1.165, 1.54) is 0 Å². The molecule has 0 aliphatic rings. The van der Waals surface area contributed by atoms with Gasteiger partial charge in [0.25, 0.3) is 0 Å². The Morgan fingerprint density at radius 2 is 1.76 bits per heavy atom. The van der Waals surface area contributed by atoms with Gasteiger partial charge in [0.05, 0.1) is 4.90 Å². The van der Waals surface area contributed by atoms with Crippen molar-refractivity contribution in [1.29, 1.82) is 0 Å². The molecule has 0 saturated carbocycles. The topological polar surface area (TPSA) is 47.0 Å². The summed E-state index contributed by atoms with van der Waals surface area (Å²) in [6.45, 7) is 2.00. The maximum absolute atomic E-state index is 12.2. The number of sulfone groups is 1. The first-order valence-electron chi connectivity index (χ1n) is 5.39. The Morgan fingerprint density at radius 1 is 1.06 bits per heavy atom. The van der Waals surface area contributed by atoms with Crippen LogP contribution >= 0.6 is 0 Å². The number of aryl methyl sites for hydroxylation is 1. The molecule has 17 heavy (non-hydrogen) atoms. The predicted octanol–water partition coefficient (Wildman–Crippen LogP) is 2.48. The Morgan fingerprint density at radius 3 is 2.29 bits per heavy atom. The summed E-state index contributed by atoms with van der Waals surface area (Å²) in [4.78, 5) is 4.28. The SMILES string of the molecule is CCc1ccc(S(=O)(=O)c2ccccc2)nc1. The number of hydrogen-bond donors (Lipinski definition) is 0. The molecular formula is C13H13NO2S. The Bertz CT molecular complexity index is 589. The molecule has 0 saturated heterocycles. The first-order valence-corrected chi connectivity index (χ1v) is 6.88. The third kappa shape index (κ3) is 2.36. The number of aromatic nitrogens is 1. The van der Waals surface area contributed by atoms with Gasteiger partial charge in [-0.15, -0.1) is 0 Å². The van der Waals surface area contributed by atoms with Gasteiger partial charge >= 0.3 is 0 Å². The van der Waals surface area contributed by atoms with Crippen molar-refractivity contribution in [2.45, 2.75) is 23.3 Å². The van der Waals surface area contributed by atoms with Crippen LogP contribution in [0.15, 0.2) is 58.6 Å². The van der Waals surface area contributed by atoms with Crippen molar-refractivity contribution in [1.82, 2.24) is 4.98 Å². The molecule has 0 aliphatic heterocycles. The lowest BCUT2D eigenvalue weighted by molar-refractivity contribution is 0.592. The molecule has 0 N–H and O–H groups in total. The zero-order valence-corrected chi connectivity index (χ0v) is 10.3. The molecule has 0 amide bonds. The van der Waals surface area contributed by atoms with Gasteiger partial charge in [-0.3, -0.25) is 0 Å². The van der Waals surface area contributed by atoms with Crippen LogP contribution in [0.5, 0.6) is 0 Å². The van der Waals surface area contributed by atoms with E-state index in [0.29, 0.717) is 0 Å². The number of rotatable bonds is 3. The van der Waals surface area contributed by atoms with Crippen molar-refractivity contribution in [2.24, 2.45) is 0 Å². The lowest BCUT2D eigenvalue weighted by Gasteiger charge is -2.04. The molecular weight excluding hydrogens is 234 g/mol. The van der Waals surface area contributed by atoms with E-state index in [2.05, 4.69) is 4.98 Å². The second-order valence-electron chi connectivity index (χ2n) is 3.67. The quantitative estimate of drug-likeness (QED) is 0.837. The van der Waals surface area contributed by atoms with Crippen molar-refractivity contribution in [3.8, 4) is 0 Å². The summed E-state index contributed by atoms with van der Waals surface area (Å²) in [6.07, 6.45) is 2.45. The van der Waals surface area contributed by atoms with E-state index in [9.17, 15) is 8.42 Å². The number of pyridine rings is 1. The molecule has 0 bridgehead atoms. The van der Waals surface area contributed by atoms with E-state index >= 15 is 0 Å². The van der Waals surface area contributed by atoms with Crippen LogP contribution < -0.4 is 0 Å². The van der Waals surface area contributed by atoms with Crippen LogP contribution in [0.3, 0.4) is 0 Å². The zero-order chi connectivity index (χ0) is 12.3. The Kier molecular flexibility index (Phi) is 3.24. The van der Waals surface area contributed by atoms with E-state index in [-0.39, 0.29) is 9.92 Å². The van der Waals surface area contributed by atoms with Crippen molar-refractivity contribution in [2.75, 3.05) is 0 Å². The maximum atomic E-state index is 12.2. The van der Waals surface area contributed by atoms with Crippen molar-refractivity contribution >= 4 is 9.84 Å². The number of benzene rings is 1. The molecule has 4 heteroatoms. The molecule has 88 valence electrons. The summed E-state index contributed by atoms with van der Waals surface area (Å²) in [5.74, 6) is 0. The molecule has 0 radical (unpaired) electrons. The molecule has 3 nitrogen and oxygen atoms in total. The Labute approximate surface area is 101 Å². The standard InChI is InChI=1S/C13H13NO2S/c1-2-11-8-9-13(14-10-11)17(15,16)12-6-4-3-5-7-12/h3-10H,2H2,1H3. The first-order chi connectivity index (χ1) is 8.14. The van der Waals surface area contributed by atoms with Crippen molar-refractivity contribution in [3.05, 3.63) is 54.2 Å².